The van der Waals surface area contributed by atoms with Crippen LogP contribution in [0.2, 0.25) is 0 Å². The Morgan fingerprint density at radius 3 is 2.59 bits per heavy atom. The van der Waals surface area contributed by atoms with Crippen LogP contribution in [0.5, 0.6) is 0 Å². The molecule has 3 amide bonds. The van der Waals surface area contributed by atoms with Gasteiger partial charge in [-0.2, -0.15) is 0 Å². The molecule has 0 aliphatic rings. The molecule has 0 aromatic carbocycles. The Hall–Kier alpha value is -2.31. The number of aryl methyl sites for hydroxylation is 1. The minimum atomic E-state index is -1.09. The van der Waals surface area contributed by atoms with Gasteiger partial charge in [-0.3, -0.25) is 10.1 Å². The molecule has 1 rings (SSSR count). The van der Waals surface area contributed by atoms with Gasteiger partial charge in [0.2, 0.25) is 0 Å². The quantitative estimate of drug-likeness (QED) is 0.710. The first-order valence-corrected chi connectivity index (χ1v) is 4.84. The number of hydrogen-bond donors (Lipinski definition) is 2. The second kappa shape index (κ2) is 5.15. The van der Waals surface area contributed by atoms with Crippen molar-refractivity contribution < 1.29 is 19.1 Å². The van der Waals surface area contributed by atoms with Crippen molar-refractivity contribution in [3.05, 3.63) is 24.0 Å². The van der Waals surface area contributed by atoms with Crippen LogP contribution in [-0.4, -0.2) is 28.6 Å². The van der Waals surface area contributed by atoms with E-state index in [2.05, 4.69) is 0 Å². The number of imide groups is 1. The molecule has 92 valence electrons. The molecule has 0 bridgehead atoms. The Labute approximate surface area is 97.5 Å². The standard InChI is InChI=1S/C10H13N3O4/c1-6(8(14)12-10(11)16)17-9(15)7-4-3-5-13(7)2/h3-6H,1-2H3,(H3,11,12,14,16). The highest BCUT2D eigenvalue weighted by atomic mass is 16.5. The summed E-state index contributed by atoms with van der Waals surface area (Å²) in [5.74, 6) is -1.41. The lowest BCUT2D eigenvalue weighted by atomic mass is 10.3. The van der Waals surface area contributed by atoms with Crippen LogP contribution in [0.15, 0.2) is 18.3 Å². The number of hydrogen-bond acceptors (Lipinski definition) is 4. The predicted molar refractivity (Wildman–Crippen MR) is 58.0 cm³/mol. The fourth-order valence-corrected chi connectivity index (χ4v) is 1.17. The van der Waals surface area contributed by atoms with Gasteiger partial charge in [0.05, 0.1) is 0 Å². The lowest BCUT2D eigenvalue weighted by Gasteiger charge is -2.12. The molecule has 1 aromatic rings. The van der Waals surface area contributed by atoms with Crippen molar-refractivity contribution >= 4 is 17.9 Å². The van der Waals surface area contributed by atoms with Gasteiger partial charge >= 0.3 is 12.0 Å². The number of ether oxygens (including phenoxy) is 1. The summed E-state index contributed by atoms with van der Waals surface area (Å²) < 4.78 is 6.42. The Bertz CT molecular complexity index is 452. The van der Waals surface area contributed by atoms with Crippen LogP contribution >= 0.6 is 0 Å². The Morgan fingerprint density at radius 1 is 1.47 bits per heavy atom. The minimum absolute atomic E-state index is 0.309. The largest absolute Gasteiger partial charge is 0.448 e. The lowest BCUT2D eigenvalue weighted by Crippen LogP contribution is -2.42. The highest BCUT2D eigenvalue weighted by Gasteiger charge is 2.20. The van der Waals surface area contributed by atoms with Gasteiger partial charge in [0.25, 0.3) is 5.91 Å². The number of urea groups is 1. The van der Waals surface area contributed by atoms with Crippen LogP contribution in [-0.2, 0) is 16.6 Å². The van der Waals surface area contributed by atoms with E-state index in [4.69, 9.17) is 10.5 Å². The molecule has 0 saturated carbocycles. The van der Waals surface area contributed by atoms with Crippen LogP contribution in [0, 0.1) is 0 Å². The van der Waals surface area contributed by atoms with Crippen LogP contribution in [0.3, 0.4) is 0 Å². The average Bonchev–Trinajstić information content (AvgIpc) is 2.63. The maximum atomic E-state index is 11.6. The van der Waals surface area contributed by atoms with E-state index in [-0.39, 0.29) is 0 Å². The van der Waals surface area contributed by atoms with Crippen molar-refractivity contribution in [3.63, 3.8) is 0 Å². The molecular formula is C10H13N3O4. The molecular weight excluding hydrogens is 226 g/mol. The summed E-state index contributed by atoms with van der Waals surface area (Å²) in [6.45, 7) is 1.35. The molecule has 7 nitrogen and oxygen atoms in total. The molecule has 1 unspecified atom stereocenters. The van der Waals surface area contributed by atoms with Crippen LogP contribution in [0.25, 0.3) is 0 Å². The summed E-state index contributed by atoms with van der Waals surface area (Å²) in [6, 6.07) is 2.24. The highest BCUT2D eigenvalue weighted by Crippen LogP contribution is 2.04. The highest BCUT2D eigenvalue weighted by molar-refractivity contribution is 5.97. The maximum Gasteiger partial charge on any atom is 0.355 e. The molecule has 3 N–H and O–H groups in total. The van der Waals surface area contributed by atoms with Crippen LogP contribution < -0.4 is 11.1 Å². The van der Waals surface area contributed by atoms with E-state index in [0.717, 1.165) is 0 Å². The number of esters is 1. The van der Waals surface area contributed by atoms with E-state index in [1.54, 1.807) is 29.9 Å². The van der Waals surface area contributed by atoms with Gasteiger partial charge in [-0.1, -0.05) is 0 Å². The second-order valence-corrected chi connectivity index (χ2v) is 3.41. The number of nitrogens with two attached hydrogens (primary N) is 1. The van der Waals surface area contributed by atoms with Gasteiger partial charge in [-0.25, -0.2) is 9.59 Å². The molecule has 0 radical (unpaired) electrons. The number of carbonyl (C=O) groups excluding carboxylic acids is 3. The Kier molecular flexibility index (Phi) is 3.86. The van der Waals surface area contributed by atoms with Crippen LogP contribution in [0.4, 0.5) is 4.79 Å². The van der Waals surface area contributed by atoms with Gasteiger partial charge < -0.3 is 15.0 Å². The maximum absolute atomic E-state index is 11.6. The van der Waals surface area contributed by atoms with Crippen LogP contribution in [0.1, 0.15) is 17.4 Å². The molecule has 1 heterocycles. The lowest BCUT2D eigenvalue weighted by molar-refractivity contribution is -0.127. The predicted octanol–water partition coefficient (Wildman–Crippen LogP) is -0.235. The third kappa shape index (κ3) is 3.33. The van der Waals surface area contributed by atoms with Crippen molar-refractivity contribution in [2.75, 3.05) is 0 Å². The number of primary amides is 1. The number of amides is 3. The summed E-state index contributed by atoms with van der Waals surface area (Å²) >= 11 is 0. The molecule has 0 fully saturated rings. The third-order valence-electron chi connectivity index (χ3n) is 2.05. The van der Waals surface area contributed by atoms with E-state index < -0.39 is 24.0 Å². The fourth-order valence-electron chi connectivity index (χ4n) is 1.17. The number of aromatic nitrogens is 1. The Morgan fingerprint density at radius 2 is 2.12 bits per heavy atom. The van der Waals surface area contributed by atoms with Crippen molar-refractivity contribution in [1.29, 1.82) is 0 Å². The number of nitrogens with one attached hydrogen (secondary N) is 1. The van der Waals surface area contributed by atoms with E-state index >= 15 is 0 Å². The van der Waals surface area contributed by atoms with Crippen molar-refractivity contribution in [1.82, 2.24) is 9.88 Å². The average molecular weight is 239 g/mol. The monoisotopic (exact) mass is 239 g/mol. The molecule has 1 atom stereocenters. The number of carbonyl (C=O) groups is 3. The zero-order valence-corrected chi connectivity index (χ0v) is 9.47. The molecule has 1 aromatic heterocycles. The minimum Gasteiger partial charge on any atom is -0.448 e. The number of rotatable bonds is 3. The van der Waals surface area contributed by atoms with Gasteiger partial charge in [-0.05, 0) is 19.1 Å². The smallest absolute Gasteiger partial charge is 0.355 e. The molecule has 7 heteroatoms. The Balaban J connectivity index is 2.60. The van der Waals surface area contributed by atoms with Gasteiger partial charge in [0.1, 0.15) is 5.69 Å². The van der Waals surface area contributed by atoms with Gasteiger partial charge in [0, 0.05) is 13.2 Å². The van der Waals surface area contributed by atoms with Gasteiger partial charge in [0.15, 0.2) is 6.10 Å². The SMILES string of the molecule is CC(OC(=O)c1cccn1C)C(=O)NC(N)=O. The number of nitrogens with zero attached hydrogens (tertiary/aromatic N) is 1. The van der Waals surface area contributed by atoms with E-state index in [1.165, 1.54) is 6.92 Å². The molecule has 0 saturated heterocycles. The van der Waals surface area contributed by atoms with Gasteiger partial charge in [-0.15, -0.1) is 0 Å². The summed E-state index contributed by atoms with van der Waals surface area (Å²) in [7, 11) is 1.67. The topological polar surface area (TPSA) is 103 Å². The van der Waals surface area contributed by atoms with Crippen molar-refractivity contribution in [3.8, 4) is 0 Å². The normalized spacial score (nSPS) is 11.6. The summed E-state index contributed by atoms with van der Waals surface area (Å²) in [4.78, 5) is 33.3. The molecule has 17 heavy (non-hydrogen) atoms. The van der Waals surface area contributed by atoms with Crippen molar-refractivity contribution in [2.24, 2.45) is 12.8 Å². The molecule has 0 spiro atoms. The fraction of sp³-hybridized carbons (Fsp3) is 0.300. The second-order valence-electron chi connectivity index (χ2n) is 3.41. The summed E-state index contributed by atoms with van der Waals surface area (Å²) in [5, 5.41) is 1.82. The first-order valence-electron chi connectivity index (χ1n) is 4.84. The zero-order chi connectivity index (χ0) is 13.0. The first-order chi connectivity index (χ1) is 7.91. The first kappa shape index (κ1) is 12.8. The summed E-state index contributed by atoms with van der Waals surface area (Å²) in [5.41, 5.74) is 5.07. The molecule has 0 aliphatic carbocycles. The van der Waals surface area contributed by atoms with E-state index in [9.17, 15) is 14.4 Å². The zero-order valence-electron chi connectivity index (χ0n) is 9.47. The third-order valence-corrected chi connectivity index (χ3v) is 2.05. The van der Waals surface area contributed by atoms with E-state index in [1.807, 2.05) is 5.32 Å². The molecule has 0 aliphatic heterocycles. The van der Waals surface area contributed by atoms with E-state index in [0.29, 0.717) is 5.69 Å². The van der Waals surface area contributed by atoms with Crippen molar-refractivity contribution in [2.45, 2.75) is 13.0 Å². The summed E-state index contributed by atoms with van der Waals surface area (Å²) in [6.07, 6.45) is 0.579.